The van der Waals surface area contributed by atoms with Gasteiger partial charge < -0.3 is 15.7 Å². The van der Waals surface area contributed by atoms with Gasteiger partial charge in [0.25, 0.3) is 0 Å². The summed E-state index contributed by atoms with van der Waals surface area (Å²) in [6.07, 6.45) is 2.04. The van der Waals surface area contributed by atoms with Crippen LogP contribution in [-0.2, 0) is 0 Å². The number of anilines is 2. The first kappa shape index (κ1) is 12.7. The summed E-state index contributed by atoms with van der Waals surface area (Å²) in [5, 5.41) is 8.95. The quantitative estimate of drug-likeness (QED) is 0.768. The van der Waals surface area contributed by atoms with Crippen molar-refractivity contribution >= 4 is 29.1 Å². The van der Waals surface area contributed by atoms with E-state index in [2.05, 4.69) is 0 Å². The number of carboxylic acid groups (broad SMARTS) is 1. The van der Waals surface area contributed by atoms with Gasteiger partial charge in [0, 0.05) is 30.7 Å². The van der Waals surface area contributed by atoms with Gasteiger partial charge in [-0.1, -0.05) is 0 Å². The maximum absolute atomic E-state index is 10.9. The first-order valence-corrected chi connectivity index (χ1v) is 6.28. The third kappa shape index (κ3) is 3.06. The number of nitrogens with zero attached hydrogens (tertiary/aromatic N) is 1. The van der Waals surface area contributed by atoms with E-state index >= 15 is 0 Å². The molecular weight excluding hydrogens is 224 g/mol. The van der Waals surface area contributed by atoms with Gasteiger partial charge in [-0.2, -0.15) is 11.8 Å². The van der Waals surface area contributed by atoms with Gasteiger partial charge in [0.2, 0.25) is 0 Å². The Balaban J connectivity index is 2.89. The summed E-state index contributed by atoms with van der Waals surface area (Å²) in [5.74, 6) is 0.0149. The number of nitrogens with two attached hydrogens (primary N) is 1. The number of benzene rings is 1. The van der Waals surface area contributed by atoms with Crippen molar-refractivity contribution in [3.05, 3.63) is 23.8 Å². The van der Waals surface area contributed by atoms with E-state index < -0.39 is 5.97 Å². The third-order valence-corrected chi connectivity index (χ3v) is 2.93. The average molecular weight is 240 g/mol. The van der Waals surface area contributed by atoms with Gasteiger partial charge in [-0.15, -0.1) is 0 Å². The highest BCUT2D eigenvalue weighted by Gasteiger charge is 2.10. The second-order valence-electron chi connectivity index (χ2n) is 3.49. The predicted molar refractivity (Wildman–Crippen MR) is 69.5 cm³/mol. The Labute approximate surface area is 99.4 Å². The van der Waals surface area contributed by atoms with E-state index in [4.69, 9.17) is 10.8 Å². The Morgan fingerprint density at radius 1 is 1.56 bits per heavy atom. The third-order valence-electron chi connectivity index (χ3n) is 2.34. The summed E-state index contributed by atoms with van der Waals surface area (Å²) in [6.45, 7) is 0.879. The van der Waals surface area contributed by atoms with Crippen LogP contribution in [0.3, 0.4) is 0 Å². The van der Waals surface area contributed by atoms with Crippen LogP contribution in [0.15, 0.2) is 18.2 Å². The fourth-order valence-corrected chi connectivity index (χ4v) is 1.78. The molecule has 0 bridgehead atoms. The summed E-state index contributed by atoms with van der Waals surface area (Å²) in [6, 6.07) is 5.08. The van der Waals surface area contributed by atoms with E-state index in [1.807, 2.05) is 24.3 Å². The number of hydrogen-bond acceptors (Lipinski definition) is 4. The number of carboxylic acids is 1. The van der Waals surface area contributed by atoms with Crippen molar-refractivity contribution in [2.24, 2.45) is 0 Å². The number of hydrogen-bond donors (Lipinski definition) is 2. The zero-order chi connectivity index (χ0) is 12.1. The molecule has 0 atom stereocenters. The van der Waals surface area contributed by atoms with Gasteiger partial charge in [0.15, 0.2) is 0 Å². The van der Waals surface area contributed by atoms with Crippen molar-refractivity contribution in [1.29, 1.82) is 0 Å². The molecule has 88 valence electrons. The van der Waals surface area contributed by atoms with Crippen LogP contribution in [0.25, 0.3) is 0 Å². The molecule has 0 fully saturated rings. The van der Waals surface area contributed by atoms with Gasteiger partial charge in [0.05, 0.1) is 5.56 Å². The summed E-state index contributed by atoms with van der Waals surface area (Å²) in [7, 11) is 1.94. The molecule has 5 heteroatoms. The number of carbonyl (C=O) groups is 1. The van der Waals surface area contributed by atoms with Crippen LogP contribution >= 0.6 is 11.8 Å². The fraction of sp³-hybridized carbons (Fsp3) is 0.364. The van der Waals surface area contributed by atoms with E-state index in [1.54, 1.807) is 23.9 Å². The molecule has 1 rings (SSSR count). The number of nitrogen functional groups attached to an aromatic ring is 1. The molecule has 0 radical (unpaired) electrons. The number of thioether (sulfide) groups is 1. The zero-order valence-electron chi connectivity index (χ0n) is 9.43. The van der Waals surface area contributed by atoms with E-state index in [0.717, 1.165) is 18.0 Å². The predicted octanol–water partition coefficient (Wildman–Crippen LogP) is 1.77. The average Bonchev–Trinajstić information content (AvgIpc) is 2.26. The van der Waals surface area contributed by atoms with Gasteiger partial charge in [-0.25, -0.2) is 4.79 Å². The van der Waals surface area contributed by atoms with Crippen molar-refractivity contribution in [1.82, 2.24) is 0 Å². The molecule has 0 aliphatic heterocycles. The minimum absolute atomic E-state index is 0.161. The van der Waals surface area contributed by atoms with Crippen LogP contribution < -0.4 is 10.6 Å². The van der Waals surface area contributed by atoms with E-state index in [0.29, 0.717) is 5.69 Å². The molecule has 16 heavy (non-hydrogen) atoms. The van der Waals surface area contributed by atoms with E-state index in [1.165, 1.54) is 0 Å². The minimum atomic E-state index is -0.988. The lowest BCUT2D eigenvalue weighted by molar-refractivity contribution is 0.0698. The zero-order valence-corrected chi connectivity index (χ0v) is 10.3. The topological polar surface area (TPSA) is 66.6 Å². The molecule has 0 amide bonds. The smallest absolute Gasteiger partial charge is 0.337 e. The Kier molecular flexibility index (Phi) is 4.49. The highest BCUT2D eigenvalue weighted by Crippen LogP contribution is 2.20. The molecule has 1 aromatic carbocycles. The Morgan fingerprint density at radius 2 is 2.25 bits per heavy atom. The summed E-state index contributed by atoms with van der Waals surface area (Å²) < 4.78 is 0. The molecule has 0 unspecified atom stereocenters. The SMILES string of the molecule is CSCCN(C)c1ccc(N)c(C(=O)O)c1. The molecule has 0 heterocycles. The highest BCUT2D eigenvalue weighted by molar-refractivity contribution is 7.98. The van der Waals surface area contributed by atoms with Crippen LogP contribution in [0, 0.1) is 0 Å². The normalized spacial score (nSPS) is 10.1. The highest BCUT2D eigenvalue weighted by atomic mass is 32.2. The van der Waals surface area contributed by atoms with Crippen LogP contribution in [-0.4, -0.2) is 36.7 Å². The summed E-state index contributed by atoms with van der Waals surface area (Å²) in [4.78, 5) is 12.9. The van der Waals surface area contributed by atoms with Gasteiger partial charge in [-0.3, -0.25) is 0 Å². The van der Waals surface area contributed by atoms with Crippen LogP contribution in [0.1, 0.15) is 10.4 Å². The standard InChI is InChI=1S/C11H16N2O2S/c1-13(5-6-16-2)8-3-4-10(12)9(7-8)11(14)15/h3-4,7H,5-6,12H2,1-2H3,(H,14,15). The molecule has 0 aliphatic rings. The number of rotatable bonds is 5. The van der Waals surface area contributed by atoms with Gasteiger partial charge in [0.1, 0.15) is 0 Å². The lowest BCUT2D eigenvalue weighted by atomic mass is 10.1. The van der Waals surface area contributed by atoms with Crippen LogP contribution in [0.2, 0.25) is 0 Å². The first-order chi connectivity index (χ1) is 7.56. The second kappa shape index (κ2) is 5.65. The molecule has 0 aromatic heterocycles. The van der Waals surface area contributed by atoms with Crippen molar-refractivity contribution in [2.45, 2.75) is 0 Å². The van der Waals surface area contributed by atoms with Crippen molar-refractivity contribution < 1.29 is 9.90 Å². The maximum atomic E-state index is 10.9. The molecule has 0 saturated heterocycles. The Bertz CT molecular complexity index is 382. The molecule has 0 spiro atoms. The maximum Gasteiger partial charge on any atom is 0.337 e. The van der Waals surface area contributed by atoms with Crippen LogP contribution in [0.4, 0.5) is 11.4 Å². The van der Waals surface area contributed by atoms with E-state index in [-0.39, 0.29) is 5.56 Å². The molecule has 3 N–H and O–H groups in total. The Morgan fingerprint density at radius 3 is 2.81 bits per heavy atom. The summed E-state index contributed by atoms with van der Waals surface area (Å²) >= 11 is 1.76. The lowest BCUT2D eigenvalue weighted by Crippen LogP contribution is -2.20. The monoisotopic (exact) mass is 240 g/mol. The van der Waals surface area contributed by atoms with Crippen molar-refractivity contribution in [2.75, 3.05) is 36.2 Å². The first-order valence-electron chi connectivity index (χ1n) is 4.89. The number of aromatic carboxylic acids is 1. The minimum Gasteiger partial charge on any atom is -0.478 e. The van der Waals surface area contributed by atoms with Gasteiger partial charge >= 0.3 is 5.97 Å². The lowest BCUT2D eigenvalue weighted by Gasteiger charge is -2.19. The molecule has 1 aromatic rings. The van der Waals surface area contributed by atoms with E-state index in [9.17, 15) is 4.79 Å². The molecule has 0 saturated carbocycles. The van der Waals surface area contributed by atoms with Crippen LogP contribution in [0.5, 0.6) is 0 Å². The van der Waals surface area contributed by atoms with Gasteiger partial charge in [-0.05, 0) is 24.5 Å². The molecular formula is C11H16N2O2S. The van der Waals surface area contributed by atoms with Crippen molar-refractivity contribution in [3.8, 4) is 0 Å². The largest absolute Gasteiger partial charge is 0.478 e. The fourth-order valence-electron chi connectivity index (χ4n) is 1.32. The summed E-state index contributed by atoms with van der Waals surface area (Å²) in [5.41, 5.74) is 6.92. The Hall–Kier alpha value is -1.36. The second-order valence-corrected chi connectivity index (χ2v) is 4.48. The molecule has 0 aliphatic carbocycles. The van der Waals surface area contributed by atoms with Crippen molar-refractivity contribution in [3.63, 3.8) is 0 Å². The molecule has 4 nitrogen and oxygen atoms in total.